The molecule has 0 amide bonds. The summed E-state index contributed by atoms with van der Waals surface area (Å²) in [6, 6.07) is 14.6. The number of benzene rings is 1. The summed E-state index contributed by atoms with van der Waals surface area (Å²) < 4.78 is 0. The van der Waals surface area contributed by atoms with Crippen molar-refractivity contribution < 1.29 is 0 Å². The highest BCUT2D eigenvalue weighted by atomic mass is 15.2. The third kappa shape index (κ3) is 3.82. The fraction of sp³-hybridized carbons (Fsp3) is 0.286. The third-order valence-corrected chi connectivity index (χ3v) is 4.80. The second-order valence-electron chi connectivity index (χ2n) is 6.76. The van der Waals surface area contributed by atoms with Crippen molar-refractivity contribution in [2.45, 2.75) is 38.6 Å². The molecule has 4 rings (SSSR count). The number of nitrogens with zero attached hydrogens (tertiary/aromatic N) is 3. The van der Waals surface area contributed by atoms with E-state index in [4.69, 9.17) is 9.97 Å². The van der Waals surface area contributed by atoms with Gasteiger partial charge in [-0.25, -0.2) is 4.98 Å². The molecule has 1 aliphatic rings. The molecule has 132 valence electrons. The first-order chi connectivity index (χ1) is 12.8. The molecule has 5 heteroatoms. The van der Waals surface area contributed by atoms with Crippen molar-refractivity contribution >= 4 is 17.5 Å². The largest absolute Gasteiger partial charge is 0.351 e. The summed E-state index contributed by atoms with van der Waals surface area (Å²) in [5, 5.41) is 6.95. The van der Waals surface area contributed by atoms with Crippen LogP contribution in [0.25, 0.3) is 11.3 Å². The Labute approximate surface area is 153 Å². The highest BCUT2D eigenvalue weighted by Crippen LogP contribution is 2.26. The molecule has 0 saturated heterocycles. The molecular formula is C21H23N5. The van der Waals surface area contributed by atoms with Gasteiger partial charge in [-0.05, 0) is 43.5 Å². The monoisotopic (exact) mass is 345 g/mol. The molecule has 0 spiro atoms. The molecule has 2 heterocycles. The van der Waals surface area contributed by atoms with Gasteiger partial charge >= 0.3 is 0 Å². The van der Waals surface area contributed by atoms with Crippen molar-refractivity contribution in [1.82, 2.24) is 15.0 Å². The van der Waals surface area contributed by atoms with Crippen LogP contribution in [0.4, 0.5) is 17.5 Å². The van der Waals surface area contributed by atoms with E-state index in [1.807, 2.05) is 30.3 Å². The quantitative estimate of drug-likeness (QED) is 0.685. The molecule has 2 aromatic heterocycles. The third-order valence-electron chi connectivity index (χ3n) is 4.80. The number of aromatic nitrogens is 3. The van der Waals surface area contributed by atoms with E-state index in [0.29, 0.717) is 12.0 Å². The van der Waals surface area contributed by atoms with Crippen molar-refractivity contribution in [1.29, 1.82) is 0 Å². The van der Waals surface area contributed by atoms with Crippen LogP contribution in [-0.4, -0.2) is 21.0 Å². The minimum absolute atomic E-state index is 0.467. The van der Waals surface area contributed by atoms with Crippen molar-refractivity contribution in [3.63, 3.8) is 0 Å². The fourth-order valence-electron chi connectivity index (χ4n) is 3.35. The van der Waals surface area contributed by atoms with E-state index in [0.717, 1.165) is 22.8 Å². The van der Waals surface area contributed by atoms with Crippen LogP contribution in [0.3, 0.4) is 0 Å². The van der Waals surface area contributed by atoms with Gasteiger partial charge in [-0.15, -0.1) is 0 Å². The highest BCUT2D eigenvalue weighted by Gasteiger charge is 2.17. The number of hydrogen-bond acceptors (Lipinski definition) is 5. The van der Waals surface area contributed by atoms with Crippen LogP contribution in [0, 0.1) is 6.92 Å². The fourth-order valence-corrected chi connectivity index (χ4v) is 3.35. The predicted octanol–water partition coefficient (Wildman–Crippen LogP) is 4.95. The van der Waals surface area contributed by atoms with E-state index in [1.165, 1.54) is 31.2 Å². The molecular weight excluding hydrogens is 322 g/mol. The summed E-state index contributed by atoms with van der Waals surface area (Å²) >= 11 is 0. The topological polar surface area (TPSA) is 62.7 Å². The molecule has 1 saturated carbocycles. The molecule has 0 radical (unpaired) electrons. The molecule has 1 aliphatic carbocycles. The highest BCUT2D eigenvalue weighted by molar-refractivity contribution is 5.68. The zero-order chi connectivity index (χ0) is 17.8. The summed E-state index contributed by atoms with van der Waals surface area (Å²) in [7, 11) is 0. The minimum Gasteiger partial charge on any atom is -0.351 e. The lowest BCUT2D eigenvalue weighted by Crippen LogP contribution is -2.17. The number of anilines is 3. The van der Waals surface area contributed by atoms with E-state index in [1.54, 1.807) is 12.4 Å². The predicted molar refractivity (Wildman–Crippen MR) is 106 cm³/mol. The van der Waals surface area contributed by atoms with Gasteiger partial charge in [0.1, 0.15) is 5.82 Å². The lowest BCUT2D eigenvalue weighted by Gasteiger charge is -2.15. The second-order valence-corrected chi connectivity index (χ2v) is 6.76. The molecule has 26 heavy (non-hydrogen) atoms. The molecule has 1 fully saturated rings. The minimum atomic E-state index is 0.467. The van der Waals surface area contributed by atoms with E-state index < -0.39 is 0 Å². The van der Waals surface area contributed by atoms with Gasteiger partial charge in [0.2, 0.25) is 5.95 Å². The van der Waals surface area contributed by atoms with Crippen LogP contribution < -0.4 is 10.6 Å². The van der Waals surface area contributed by atoms with Gasteiger partial charge in [0.05, 0.1) is 5.69 Å². The Bertz CT molecular complexity index is 873. The average molecular weight is 345 g/mol. The maximum absolute atomic E-state index is 4.74. The first kappa shape index (κ1) is 16.5. The number of rotatable bonds is 5. The Balaban J connectivity index is 1.68. The lowest BCUT2D eigenvalue weighted by atomic mass is 10.2. The molecule has 0 bridgehead atoms. The second kappa shape index (κ2) is 7.52. The lowest BCUT2D eigenvalue weighted by molar-refractivity contribution is 0.744. The van der Waals surface area contributed by atoms with Crippen molar-refractivity contribution in [2.24, 2.45) is 0 Å². The summed E-state index contributed by atoms with van der Waals surface area (Å²) in [4.78, 5) is 13.6. The van der Waals surface area contributed by atoms with E-state index in [-0.39, 0.29) is 0 Å². The average Bonchev–Trinajstić information content (AvgIpc) is 3.17. The summed E-state index contributed by atoms with van der Waals surface area (Å²) in [5.41, 5.74) is 4.16. The van der Waals surface area contributed by atoms with Crippen LogP contribution in [0.1, 0.15) is 31.2 Å². The number of aryl methyl sites for hydroxylation is 1. The van der Waals surface area contributed by atoms with E-state index in [9.17, 15) is 0 Å². The van der Waals surface area contributed by atoms with Crippen LogP contribution in [0.2, 0.25) is 0 Å². The maximum atomic E-state index is 4.74. The molecule has 0 atom stereocenters. The number of nitrogens with one attached hydrogen (secondary N) is 2. The Morgan fingerprint density at radius 2 is 1.73 bits per heavy atom. The van der Waals surface area contributed by atoms with Gasteiger partial charge in [-0.3, -0.25) is 4.98 Å². The van der Waals surface area contributed by atoms with Gasteiger partial charge in [-0.2, -0.15) is 4.98 Å². The molecule has 2 N–H and O–H groups in total. The molecule has 3 aromatic rings. The standard InChI is InChI=1S/C21H23N5/c1-15-6-2-5-9-18(15)24-20-14-19(16-10-12-22-13-11-16)25-21(26-20)23-17-7-3-4-8-17/h2,5-6,9-14,17H,3-4,7-8H2,1H3,(H2,23,24,25,26). The Morgan fingerprint density at radius 1 is 0.962 bits per heavy atom. The smallest absolute Gasteiger partial charge is 0.225 e. The first-order valence-corrected chi connectivity index (χ1v) is 9.16. The van der Waals surface area contributed by atoms with E-state index >= 15 is 0 Å². The van der Waals surface area contributed by atoms with Crippen LogP contribution >= 0.6 is 0 Å². The van der Waals surface area contributed by atoms with Gasteiger partial charge in [-0.1, -0.05) is 31.0 Å². The molecule has 0 unspecified atom stereocenters. The Hall–Kier alpha value is -2.95. The SMILES string of the molecule is Cc1ccccc1Nc1cc(-c2ccncc2)nc(NC2CCCC2)n1. The van der Waals surface area contributed by atoms with Crippen molar-refractivity contribution in [3.8, 4) is 11.3 Å². The normalized spacial score (nSPS) is 14.3. The summed E-state index contributed by atoms with van der Waals surface area (Å²) in [5.74, 6) is 1.48. The number of pyridine rings is 1. The molecule has 1 aromatic carbocycles. The number of hydrogen-bond donors (Lipinski definition) is 2. The molecule has 0 aliphatic heterocycles. The van der Waals surface area contributed by atoms with Gasteiger partial charge < -0.3 is 10.6 Å². The Kier molecular flexibility index (Phi) is 4.78. The van der Waals surface area contributed by atoms with Crippen LogP contribution in [0.15, 0.2) is 54.9 Å². The van der Waals surface area contributed by atoms with Crippen molar-refractivity contribution in [2.75, 3.05) is 10.6 Å². The van der Waals surface area contributed by atoms with Gasteiger partial charge in [0, 0.05) is 35.8 Å². The first-order valence-electron chi connectivity index (χ1n) is 9.16. The van der Waals surface area contributed by atoms with Crippen LogP contribution in [-0.2, 0) is 0 Å². The summed E-state index contributed by atoms with van der Waals surface area (Å²) in [6.45, 7) is 2.09. The van der Waals surface area contributed by atoms with E-state index in [2.05, 4.69) is 34.7 Å². The number of para-hydroxylation sites is 1. The Morgan fingerprint density at radius 3 is 2.50 bits per heavy atom. The zero-order valence-electron chi connectivity index (χ0n) is 14.9. The summed E-state index contributed by atoms with van der Waals surface area (Å²) in [6.07, 6.45) is 8.49. The maximum Gasteiger partial charge on any atom is 0.225 e. The van der Waals surface area contributed by atoms with Gasteiger partial charge in [0.25, 0.3) is 0 Å². The van der Waals surface area contributed by atoms with Crippen LogP contribution in [0.5, 0.6) is 0 Å². The zero-order valence-corrected chi connectivity index (χ0v) is 14.9. The van der Waals surface area contributed by atoms with Gasteiger partial charge in [0.15, 0.2) is 0 Å². The van der Waals surface area contributed by atoms with Crippen molar-refractivity contribution in [3.05, 3.63) is 60.4 Å². The molecule has 5 nitrogen and oxygen atoms in total.